The molecule has 0 amide bonds. The zero-order valence-corrected chi connectivity index (χ0v) is 12.8. The van der Waals surface area contributed by atoms with E-state index in [0.29, 0.717) is 0 Å². The molecule has 3 rings (SSSR count). The number of aromatic nitrogens is 3. The van der Waals surface area contributed by atoms with Gasteiger partial charge in [-0.1, -0.05) is 29.4 Å². The van der Waals surface area contributed by atoms with E-state index in [0.717, 1.165) is 32.8 Å². The number of rotatable bonds is 2. The maximum Gasteiger partial charge on any atom is 0.214 e. The molecule has 104 valence electrons. The molecule has 1 aromatic carbocycles. The number of hydrogen-bond donors (Lipinski definition) is 2. The maximum atomic E-state index is 6.07. The smallest absolute Gasteiger partial charge is 0.214 e. The number of quaternary nitrogens is 1. The minimum atomic E-state index is 0.0654. The number of benzene rings is 1. The van der Waals surface area contributed by atoms with Crippen LogP contribution in [0.3, 0.4) is 0 Å². The number of aryl methyl sites for hydroxylation is 1. The van der Waals surface area contributed by atoms with E-state index in [2.05, 4.69) is 27.4 Å². The van der Waals surface area contributed by atoms with E-state index >= 15 is 0 Å². The Kier molecular flexibility index (Phi) is 3.45. The van der Waals surface area contributed by atoms with E-state index in [4.69, 9.17) is 11.6 Å². The Hall–Kier alpha value is -1.50. The van der Waals surface area contributed by atoms with Gasteiger partial charge in [0.15, 0.2) is 0 Å². The van der Waals surface area contributed by atoms with Gasteiger partial charge in [0.1, 0.15) is 6.04 Å². The molecule has 2 aromatic rings. The van der Waals surface area contributed by atoms with Crippen molar-refractivity contribution in [3.8, 4) is 0 Å². The van der Waals surface area contributed by atoms with E-state index in [-0.39, 0.29) is 6.04 Å². The molecule has 0 radical (unpaired) electrons. The monoisotopic (exact) mass is 308 g/mol. The number of nitrogens with zero attached hydrogens (tertiary/aromatic N) is 3. The summed E-state index contributed by atoms with van der Waals surface area (Å²) in [5.74, 6) is 0.823. The van der Waals surface area contributed by atoms with Gasteiger partial charge < -0.3 is 5.73 Å². The SMILES string of the molecule is Cc1cc(C2=CSc3nnc([C@H](C)[NH3+])n3N2)ccc1Cl. The van der Waals surface area contributed by atoms with Crippen LogP contribution in [-0.4, -0.2) is 14.9 Å². The molecule has 0 saturated heterocycles. The molecule has 0 bridgehead atoms. The third kappa shape index (κ3) is 2.30. The van der Waals surface area contributed by atoms with Gasteiger partial charge in [0.2, 0.25) is 11.0 Å². The number of fused-ring (bicyclic) bond motifs is 1. The van der Waals surface area contributed by atoms with Crippen LogP contribution >= 0.6 is 23.4 Å². The first-order chi connectivity index (χ1) is 9.56. The Morgan fingerprint density at radius 1 is 1.40 bits per heavy atom. The number of nitrogens with one attached hydrogen (secondary N) is 1. The fourth-order valence-electron chi connectivity index (χ4n) is 1.99. The van der Waals surface area contributed by atoms with Crippen molar-refractivity contribution in [1.29, 1.82) is 0 Å². The Labute approximate surface area is 126 Å². The van der Waals surface area contributed by atoms with Crippen LogP contribution in [0, 0.1) is 6.92 Å². The van der Waals surface area contributed by atoms with Gasteiger partial charge in [-0.05, 0) is 31.5 Å². The van der Waals surface area contributed by atoms with Crippen molar-refractivity contribution in [1.82, 2.24) is 14.9 Å². The van der Waals surface area contributed by atoms with Crippen LogP contribution in [0.15, 0.2) is 28.8 Å². The summed E-state index contributed by atoms with van der Waals surface area (Å²) in [4.78, 5) is 0. The van der Waals surface area contributed by atoms with Crippen molar-refractivity contribution in [3.05, 3.63) is 45.6 Å². The summed E-state index contributed by atoms with van der Waals surface area (Å²) in [5.41, 5.74) is 10.5. The second-order valence-corrected chi connectivity index (χ2v) is 6.05. The lowest BCUT2D eigenvalue weighted by Crippen LogP contribution is -2.53. The Morgan fingerprint density at radius 3 is 2.90 bits per heavy atom. The first-order valence-electron chi connectivity index (χ1n) is 6.25. The summed E-state index contributed by atoms with van der Waals surface area (Å²) >= 11 is 7.62. The fourth-order valence-corrected chi connectivity index (χ4v) is 2.85. The molecule has 1 aliphatic heterocycles. The van der Waals surface area contributed by atoms with Gasteiger partial charge >= 0.3 is 0 Å². The molecule has 0 saturated carbocycles. The van der Waals surface area contributed by atoms with Crippen LogP contribution < -0.4 is 11.2 Å². The van der Waals surface area contributed by atoms with Crippen LogP contribution in [0.5, 0.6) is 0 Å². The lowest BCUT2D eigenvalue weighted by atomic mass is 10.1. The average molecular weight is 309 g/mol. The van der Waals surface area contributed by atoms with E-state index in [1.807, 2.05) is 36.1 Å². The average Bonchev–Trinajstić information content (AvgIpc) is 2.85. The minimum Gasteiger partial charge on any atom is -0.349 e. The minimum absolute atomic E-state index is 0.0654. The quantitative estimate of drug-likeness (QED) is 0.892. The lowest BCUT2D eigenvalue weighted by Gasteiger charge is -2.19. The molecular weight excluding hydrogens is 294 g/mol. The summed E-state index contributed by atoms with van der Waals surface area (Å²) in [7, 11) is 0. The highest BCUT2D eigenvalue weighted by Gasteiger charge is 2.21. The van der Waals surface area contributed by atoms with Gasteiger partial charge in [-0.2, -0.15) is 0 Å². The molecule has 0 aliphatic carbocycles. The zero-order valence-electron chi connectivity index (χ0n) is 11.2. The van der Waals surface area contributed by atoms with Crippen molar-refractivity contribution in [2.24, 2.45) is 0 Å². The third-order valence-electron chi connectivity index (χ3n) is 3.08. The summed E-state index contributed by atoms with van der Waals surface area (Å²) in [6.45, 7) is 3.99. The van der Waals surface area contributed by atoms with E-state index in [1.165, 1.54) is 0 Å². The topological polar surface area (TPSA) is 70.4 Å². The van der Waals surface area contributed by atoms with Crippen molar-refractivity contribution in [3.63, 3.8) is 0 Å². The van der Waals surface area contributed by atoms with Crippen molar-refractivity contribution in [2.75, 3.05) is 5.43 Å². The largest absolute Gasteiger partial charge is 0.349 e. The van der Waals surface area contributed by atoms with Crippen LogP contribution in [-0.2, 0) is 0 Å². The number of hydrogen-bond acceptors (Lipinski definition) is 4. The van der Waals surface area contributed by atoms with Crippen LogP contribution in [0.25, 0.3) is 5.70 Å². The summed E-state index contributed by atoms with van der Waals surface area (Å²) < 4.78 is 1.89. The molecule has 2 heterocycles. The predicted molar refractivity (Wildman–Crippen MR) is 80.7 cm³/mol. The highest BCUT2D eigenvalue weighted by Crippen LogP contribution is 2.30. The molecule has 4 N–H and O–H groups in total. The van der Waals surface area contributed by atoms with E-state index in [9.17, 15) is 0 Å². The second kappa shape index (κ2) is 5.12. The van der Waals surface area contributed by atoms with Gasteiger partial charge in [-0.25, -0.2) is 4.68 Å². The standard InChI is InChI=1S/C13H14ClN5S/c1-7-5-9(3-4-10(7)14)11-6-20-13-17-16-12(8(2)15)19(13)18-11/h3-6,8,18H,15H2,1-2H3/p+1/t8-/m0/s1. The van der Waals surface area contributed by atoms with Gasteiger partial charge in [-0.15, -0.1) is 10.2 Å². The molecule has 1 aromatic heterocycles. The third-order valence-corrected chi connectivity index (χ3v) is 4.34. The molecule has 20 heavy (non-hydrogen) atoms. The second-order valence-electron chi connectivity index (χ2n) is 4.80. The Bertz CT molecular complexity index is 692. The molecule has 5 nitrogen and oxygen atoms in total. The number of thioether (sulfide) groups is 1. The predicted octanol–water partition coefficient (Wildman–Crippen LogP) is 2.19. The summed E-state index contributed by atoms with van der Waals surface area (Å²) in [6, 6.07) is 6.03. The molecule has 0 unspecified atom stereocenters. The summed E-state index contributed by atoms with van der Waals surface area (Å²) in [6.07, 6.45) is 0. The van der Waals surface area contributed by atoms with Gasteiger partial charge in [0, 0.05) is 16.0 Å². The maximum absolute atomic E-state index is 6.07. The van der Waals surface area contributed by atoms with Crippen LogP contribution in [0.2, 0.25) is 5.02 Å². The van der Waals surface area contributed by atoms with Crippen molar-refractivity contribution < 1.29 is 5.73 Å². The number of halogens is 1. The molecule has 1 atom stereocenters. The molecule has 1 aliphatic rings. The lowest BCUT2D eigenvalue weighted by molar-refractivity contribution is -0.423. The highest BCUT2D eigenvalue weighted by atomic mass is 35.5. The van der Waals surface area contributed by atoms with Gasteiger partial charge in [0.25, 0.3) is 0 Å². The fraction of sp³-hybridized carbons (Fsp3) is 0.231. The Balaban J connectivity index is 1.95. The molecule has 0 fully saturated rings. The van der Waals surface area contributed by atoms with Gasteiger partial charge in [-0.3, -0.25) is 5.43 Å². The molecule has 0 spiro atoms. The van der Waals surface area contributed by atoms with Crippen LogP contribution in [0.4, 0.5) is 0 Å². The zero-order chi connectivity index (χ0) is 14.3. The first kappa shape index (κ1) is 13.5. The first-order valence-corrected chi connectivity index (χ1v) is 7.51. The van der Waals surface area contributed by atoms with E-state index in [1.54, 1.807) is 11.8 Å². The molecule has 7 heteroatoms. The van der Waals surface area contributed by atoms with Crippen LogP contribution in [0.1, 0.15) is 29.9 Å². The summed E-state index contributed by atoms with van der Waals surface area (Å²) in [5, 5.41) is 11.9. The Morgan fingerprint density at radius 2 is 2.20 bits per heavy atom. The van der Waals surface area contributed by atoms with E-state index < -0.39 is 0 Å². The normalized spacial score (nSPS) is 15.3. The van der Waals surface area contributed by atoms with Gasteiger partial charge in [0.05, 0.1) is 5.70 Å². The molecular formula is C13H15ClN5S+. The van der Waals surface area contributed by atoms with Crippen molar-refractivity contribution in [2.45, 2.75) is 25.0 Å². The highest BCUT2D eigenvalue weighted by molar-refractivity contribution is 8.02. The van der Waals surface area contributed by atoms with Crippen molar-refractivity contribution >= 4 is 29.1 Å².